The number of nitrogens with zero attached hydrogens (tertiary/aromatic N) is 6. The molecule has 0 spiro atoms. The van der Waals surface area contributed by atoms with Crippen molar-refractivity contribution >= 4 is 5.82 Å². The van der Waals surface area contributed by atoms with Crippen LogP contribution in [-0.4, -0.2) is 53.8 Å². The number of aliphatic hydroxyl groups is 1. The summed E-state index contributed by atoms with van der Waals surface area (Å²) < 4.78 is 46.0. The summed E-state index contributed by atoms with van der Waals surface area (Å²) in [5.41, 5.74) is 9.38. The minimum Gasteiger partial charge on any atom is -0.497 e. The number of hydrogen-bond donors (Lipinski definition) is 2. The van der Waals surface area contributed by atoms with Gasteiger partial charge in [-0.15, -0.1) is 0 Å². The van der Waals surface area contributed by atoms with Crippen LogP contribution in [0.1, 0.15) is 24.6 Å². The van der Waals surface area contributed by atoms with Crippen LogP contribution in [0, 0.1) is 6.92 Å². The summed E-state index contributed by atoms with van der Waals surface area (Å²) in [6.07, 6.45) is -2.42. The van der Waals surface area contributed by atoms with Crippen LogP contribution in [-0.2, 0) is 20.0 Å². The second kappa shape index (κ2) is 10.8. The largest absolute Gasteiger partial charge is 0.497 e. The maximum atomic E-state index is 13.0. The first kappa shape index (κ1) is 27.8. The van der Waals surface area contributed by atoms with Crippen molar-refractivity contribution in [1.29, 1.82) is 0 Å². The van der Waals surface area contributed by atoms with Crippen LogP contribution in [0.15, 0.2) is 41.6 Å². The molecule has 0 fully saturated rings. The van der Waals surface area contributed by atoms with E-state index in [0.717, 1.165) is 12.0 Å². The van der Waals surface area contributed by atoms with Gasteiger partial charge in [-0.1, -0.05) is 6.92 Å². The van der Waals surface area contributed by atoms with E-state index in [2.05, 4.69) is 20.1 Å². The van der Waals surface area contributed by atoms with Crippen LogP contribution in [0.5, 0.6) is 5.75 Å². The molecule has 0 amide bonds. The number of benzene rings is 1. The summed E-state index contributed by atoms with van der Waals surface area (Å²) in [6, 6.07) is 5.48. The third-order valence-electron chi connectivity index (χ3n) is 6.23. The van der Waals surface area contributed by atoms with E-state index in [1.54, 1.807) is 27.1 Å². The first-order chi connectivity index (χ1) is 18.4. The molecule has 0 saturated carbocycles. The first-order valence-corrected chi connectivity index (χ1v) is 12.1. The molecule has 3 N–H and O–H groups in total. The van der Waals surface area contributed by atoms with E-state index in [4.69, 9.17) is 10.5 Å². The average molecular weight is 544 g/mol. The Kier molecular flexibility index (Phi) is 7.72. The van der Waals surface area contributed by atoms with Crippen LogP contribution in [0.2, 0.25) is 0 Å². The molecular weight excluding hydrogens is 515 g/mol. The number of alkyl halides is 3. The lowest BCUT2D eigenvalue weighted by molar-refractivity contribution is -0.154. The highest BCUT2D eigenvalue weighted by atomic mass is 19.4. The lowest BCUT2D eigenvalue weighted by Gasteiger charge is -2.14. The van der Waals surface area contributed by atoms with Gasteiger partial charge in [0.05, 0.1) is 44.3 Å². The number of hydrogen-bond acceptors (Lipinski definition) is 8. The fourth-order valence-electron chi connectivity index (χ4n) is 4.16. The Labute approximate surface area is 221 Å². The number of aliphatic hydroxyl groups excluding tert-OH is 1. The van der Waals surface area contributed by atoms with Gasteiger partial charge in [-0.2, -0.15) is 18.3 Å². The molecule has 1 atom stereocenters. The maximum Gasteiger partial charge on any atom is 0.391 e. The van der Waals surface area contributed by atoms with Gasteiger partial charge in [-0.25, -0.2) is 15.0 Å². The van der Waals surface area contributed by atoms with Crippen molar-refractivity contribution < 1.29 is 23.0 Å². The summed E-state index contributed by atoms with van der Waals surface area (Å²) in [5, 5.41) is 14.0. The quantitative estimate of drug-likeness (QED) is 0.345. The zero-order valence-corrected chi connectivity index (χ0v) is 21.8. The Balaban J connectivity index is 1.75. The fourth-order valence-corrected chi connectivity index (χ4v) is 4.16. The predicted octanol–water partition coefficient (Wildman–Crippen LogP) is 3.54. The number of halogens is 3. The standard InChI is InChI=1S/C26H28F3N7O3/c1-5-15-6-16(8-18(7-15)39-4)22-25(38)35(3)13-21(34-22)23-24(30)31-11-20(33-23)19-10-32-36(14(19)2)12-17(37)9-26(27,28)29/h6-8,10-11,13,17,37H,5,9,12H2,1-4H3,(H2,30,31)/t17-/m0/s1. The summed E-state index contributed by atoms with van der Waals surface area (Å²) in [7, 11) is 3.13. The molecule has 0 radical (unpaired) electrons. The highest BCUT2D eigenvalue weighted by Crippen LogP contribution is 2.29. The van der Waals surface area contributed by atoms with Crippen molar-refractivity contribution in [3.05, 3.63) is 58.4 Å². The Morgan fingerprint density at radius 2 is 1.85 bits per heavy atom. The van der Waals surface area contributed by atoms with Crippen molar-refractivity contribution in [2.24, 2.45) is 7.05 Å². The molecule has 13 heteroatoms. The molecule has 1 aromatic carbocycles. The van der Waals surface area contributed by atoms with Crippen LogP contribution >= 0.6 is 0 Å². The summed E-state index contributed by atoms with van der Waals surface area (Å²) in [4.78, 5) is 26.5. The molecule has 4 rings (SSSR count). The Bertz CT molecular complexity index is 1540. The molecule has 39 heavy (non-hydrogen) atoms. The fraction of sp³-hybridized carbons (Fsp3) is 0.346. The minimum absolute atomic E-state index is 0.0707. The molecule has 0 aliphatic heterocycles. The second-order valence-electron chi connectivity index (χ2n) is 9.10. The number of ether oxygens (including phenoxy) is 1. The molecule has 206 valence electrons. The van der Waals surface area contributed by atoms with Gasteiger partial charge in [0.25, 0.3) is 5.56 Å². The molecule has 0 unspecified atom stereocenters. The number of nitrogen functional groups attached to an aromatic ring is 1. The number of nitrogens with two attached hydrogens (primary N) is 1. The van der Waals surface area contributed by atoms with E-state index in [-0.39, 0.29) is 29.3 Å². The van der Waals surface area contributed by atoms with E-state index in [1.165, 1.54) is 27.8 Å². The Morgan fingerprint density at radius 1 is 1.13 bits per heavy atom. The van der Waals surface area contributed by atoms with Crippen molar-refractivity contribution in [3.63, 3.8) is 0 Å². The molecule has 0 aliphatic rings. The molecule has 3 heterocycles. The molecule has 10 nitrogen and oxygen atoms in total. The number of aryl methyl sites for hydroxylation is 2. The normalized spacial score (nSPS) is 12.5. The van der Waals surface area contributed by atoms with E-state index in [9.17, 15) is 23.1 Å². The zero-order valence-electron chi connectivity index (χ0n) is 21.8. The predicted molar refractivity (Wildman–Crippen MR) is 139 cm³/mol. The van der Waals surface area contributed by atoms with Crippen molar-refractivity contribution in [2.45, 2.75) is 45.5 Å². The maximum absolute atomic E-state index is 13.0. The molecule has 0 aliphatic carbocycles. The van der Waals surface area contributed by atoms with E-state index in [0.29, 0.717) is 34.0 Å². The monoisotopic (exact) mass is 543 g/mol. The van der Waals surface area contributed by atoms with E-state index in [1.807, 2.05) is 19.1 Å². The lowest BCUT2D eigenvalue weighted by atomic mass is 10.1. The minimum atomic E-state index is -4.49. The molecular formula is C26H28F3N7O3. The number of methoxy groups -OCH3 is 1. The van der Waals surface area contributed by atoms with Crippen molar-refractivity contribution in [2.75, 3.05) is 12.8 Å². The van der Waals surface area contributed by atoms with Gasteiger partial charge < -0.3 is 20.1 Å². The van der Waals surface area contributed by atoms with Gasteiger partial charge in [-0.05, 0) is 37.1 Å². The van der Waals surface area contributed by atoms with Gasteiger partial charge in [-0.3, -0.25) is 9.48 Å². The summed E-state index contributed by atoms with van der Waals surface area (Å²) in [6.45, 7) is 3.30. The van der Waals surface area contributed by atoms with Gasteiger partial charge in [0.15, 0.2) is 5.82 Å². The Hall–Kier alpha value is -4.26. The molecule has 4 aromatic rings. The smallest absolute Gasteiger partial charge is 0.391 e. The van der Waals surface area contributed by atoms with Gasteiger partial charge >= 0.3 is 6.18 Å². The van der Waals surface area contributed by atoms with Crippen molar-refractivity contribution in [3.8, 4) is 39.7 Å². The highest BCUT2D eigenvalue weighted by Gasteiger charge is 2.31. The molecule has 3 aromatic heterocycles. The van der Waals surface area contributed by atoms with Gasteiger partial charge in [0.2, 0.25) is 0 Å². The van der Waals surface area contributed by atoms with E-state index < -0.39 is 18.7 Å². The second-order valence-corrected chi connectivity index (χ2v) is 9.10. The van der Waals surface area contributed by atoms with Crippen LogP contribution in [0.25, 0.3) is 33.9 Å². The average Bonchev–Trinajstić information content (AvgIpc) is 3.23. The molecule has 0 saturated heterocycles. The van der Waals surface area contributed by atoms with Crippen LogP contribution < -0.4 is 16.0 Å². The number of rotatable bonds is 8. The first-order valence-electron chi connectivity index (χ1n) is 12.1. The summed E-state index contributed by atoms with van der Waals surface area (Å²) >= 11 is 0. The third kappa shape index (κ3) is 6.08. The lowest BCUT2D eigenvalue weighted by Crippen LogP contribution is -2.24. The SMILES string of the molecule is CCc1cc(OC)cc(-c2nc(-c3nc(-c4cnn(C[C@@H](O)CC(F)(F)F)c4C)cnc3N)cn(C)c2=O)c1. The zero-order chi connectivity index (χ0) is 28.5. The highest BCUT2D eigenvalue weighted by molar-refractivity contribution is 5.73. The van der Waals surface area contributed by atoms with Gasteiger partial charge in [0.1, 0.15) is 22.8 Å². The number of anilines is 1. The molecule has 0 bridgehead atoms. The van der Waals surface area contributed by atoms with Gasteiger partial charge in [0, 0.05) is 30.1 Å². The van der Waals surface area contributed by atoms with Crippen molar-refractivity contribution in [1.82, 2.24) is 29.3 Å². The third-order valence-corrected chi connectivity index (χ3v) is 6.23. The van der Waals surface area contributed by atoms with Crippen LogP contribution in [0.3, 0.4) is 0 Å². The summed E-state index contributed by atoms with van der Waals surface area (Å²) in [5.74, 6) is 0.661. The Morgan fingerprint density at radius 3 is 2.51 bits per heavy atom. The van der Waals surface area contributed by atoms with Crippen LogP contribution in [0.4, 0.5) is 19.0 Å². The van der Waals surface area contributed by atoms with E-state index >= 15 is 0 Å². The number of aromatic nitrogens is 6. The topological polar surface area (TPSA) is 134 Å².